The summed E-state index contributed by atoms with van der Waals surface area (Å²) in [5.74, 6) is 0.132. The molecule has 1 atom stereocenters. The Bertz CT molecular complexity index is 838. The monoisotopic (exact) mass is 423 g/mol. The highest BCUT2D eigenvalue weighted by atomic mass is 35.5. The first kappa shape index (κ1) is 19.1. The fraction of sp³-hybridized carbons (Fsp3) is 0.250. The maximum absolute atomic E-state index is 12.6. The minimum absolute atomic E-state index is 0.131. The van der Waals surface area contributed by atoms with Gasteiger partial charge in [0.2, 0.25) is 0 Å². The Balaban J connectivity index is 1.63. The zero-order chi connectivity index (χ0) is 18.9. The highest BCUT2D eigenvalue weighted by Gasteiger charge is 2.32. The molecule has 0 radical (unpaired) electrons. The third kappa shape index (κ3) is 4.16. The van der Waals surface area contributed by atoms with E-state index in [1.165, 1.54) is 0 Å². The summed E-state index contributed by atoms with van der Waals surface area (Å²) in [6, 6.07) is 5.94. The number of anilines is 1. The van der Waals surface area contributed by atoms with Gasteiger partial charge in [-0.3, -0.25) is 0 Å². The lowest BCUT2D eigenvalue weighted by Crippen LogP contribution is -2.21. The van der Waals surface area contributed by atoms with Crippen molar-refractivity contribution >= 4 is 46.3 Å². The summed E-state index contributed by atoms with van der Waals surface area (Å²) in [5.41, 5.74) is 0.284. The number of oxime groups is 1. The fourth-order valence-corrected chi connectivity index (χ4v) is 3.24. The van der Waals surface area contributed by atoms with Crippen LogP contribution in [-0.4, -0.2) is 23.3 Å². The molecule has 1 aromatic heterocycles. The number of hydrogen-bond acceptors (Lipinski definition) is 4. The summed E-state index contributed by atoms with van der Waals surface area (Å²) in [7, 11) is 0. The van der Waals surface area contributed by atoms with Gasteiger partial charge in [0.25, 0.3) is 0 Å². The van der Waals surface area contributed by atoms with Crippen LogP contribution in [0.25, 0.3) is 0 Å². The minimum Gasteiger partial charge on any atom is -0.390 e. The smallest absolute Gasteiger partial charge is 0.390 e. The average Bonchev–Trinajstić information content (AvgIpc) is 3.01. The predicted molar refractivity (Wildman–Crippen MR) is 95.2 cm³/mol. The molecule has 0 bridgehead atoms. The molecule has 4 nitrogen and oxygen atoms in total. The van der Waals surface area contributed by atoms with Crippen molar-refractivity contribution in [3.05, 3.63) is 56.7 Å². The number of nitrogens with zero attached hydrogens (tertiary/aromatic N) is 2. The number of nitrogens with one attached hydrogen (secondary N) is 1. The third-order valence-electron chi connectivity index (χ3n) is 3.65. The molecule has 26 heavy (non-hydrogen) atoms. The third-order valence-corrected chi connectivity index (χ3v) is 4.57. The first-order valence-electron chi connectivity index (χ1n) is 7.39. The maximum Gasteiger partial charge on any atom is 0.417 e. The maximum atomic E-state index is 12.6. The molecule has 0 aliphatic carbocycles. The number of aromatic nitrogens is 1. The van der Waals surface area contributed by atoms with Gasteiger partial charge in [-0.2, -0.15) is 13.2 Å². The molecule has 138 valence electrons. The fourth-order valence-electron chi connectivity index (χ4n) is 2.39. The van der Waals surface area contributed by atoms with E-state index in [2.05, 4.69) is 15.5 Å². The number of halogens is 6. The Labute approximate surface area is 161 Å². The molecular formula is C16H11Cl3F3N3O. The molecule has 1 N–H and O–H groups in total. The normalized spacial score (nSPS) is 17.0. The van der Waals surface area contributed by atoms with Crippen LogP contribution in [0.15, 0.2) is 35.6 Å². The van der Waals surface area contributed by atoms with Crippen molar-refractivity contribution in [2.75, 3.05) is 11.9 Å². The molecule has 3 rings (SSSR count). The molecule has 2 aromatic rings. The highest BCUT2D eigenvalue weighted by molar-refractivity contribution is 6.40. The zero-order valence-corrected chi connectivity index (χ0v) is 15.2. The van der Waals surface area contributed by atoms with Gasteiger partial charge in [0.15, 0.2) is 0 Å². The molecule has 10 heteroatoms. The van der Waals surface area contributed by atoms with Crippen LogP contribution in [-0.2, 0) is 11.0 Å². The Morgan fingerprint density at radius 2 is 1.85 bits per heavy atom. The summed E-state index contributed by atoms with van der Waals surface area (Å²) in [5, 5.41) is 7.64. The van der Waals surface area contributed by atoms with Crippen LogP contribution in [0, 0.1) is 0 Å². The van der Waals surface area contributed by atoms with Gasteiger partial charge in [0.1, 0.15) is 11.9 Å². The van der Waals surface area contributed by atoms with Gasteiger partial charge in [-0.1, -0.05) is 46.0 Å². The van der Waals surface area contributed by atoms with Gasteiger partial charge in [-0.15, -0.1) is 0 Å². The van der Waals surface area contributed by atoms with Crippen LogP contribution >= 0.6 is 34.8 Å². The predicted octanol–water partition coefficient (Wildman–Crippen LogP) is 5.67. The number of benzene rings is 1. The zero-order valence-electron chi connectivity index (χ0n) is 12.9. The van der Waals surface area contributed by atoms with E-state index < -0.39 is 11.7 Å². The largest absolute Gasteiger partial charge is 0.417 e. The second kappa shape index (κ2) is 7.50. The summed E-state index contributed by atoms with van der Waals surface area (Å²) in [6.45, 7) is 0.243. The molecule has 0 fully saturated rings. The first-order chi connectivity index (χ1) is 12.3. The molecule has 1 aliphatic rings. The van der Waals surface area contributed by atoms with Crippen LogP contribution < -0.4 is 5.32 Å². The number of hydrogen-bond donors (Lipinski definition) is 1. The molecular weight excluding hydrogens is 414 g/mol. The Kier molecular flexibility index (Phi) is 5.50. The molecule has 1 aromatic carbocycles. The molecule has 0 saturated carbocycles. The van der Waals surface area contributed by atoms with E-state index in [1.54, 1.807) is 18.2 Å². The van der Waals surface area contributed by atoms with Crippen molar-refractivity contribution in [3.63, 3.8) is 0 Å². The van der Waals surface area contributed by atoms with E-state index in [0.717, 1.165) is 12.3 Å². The summed E-state index contributed by atoms with van der Waals surface area (Å²) in [6.07, 6.45) is -3.72. The Morgan fingerprint density at radius 1 is 1.15 bits per heavy atom. The van der Waals surface area contributed by atoms with Gasteiger partial charge in [0, 0.05) is 18.2 Å². The van der Waals surface area contributed by atoms with Gasteiger partial charge < -0.3 is 10.2 Å². The topological polar surface area (TPSA) is 46.5 Å². The van der Waals surface area contributed by atoms with E-state index in [1.807, 2.05) is 0 Å². The summed E-state index contributed by atoms with van der Waals surface area (Å²) >= 11 is 18.2. The van der Waals surface area contributed by atoms with Crippen LogP contribution in [0.1, 0.15) is 17.5 Å². The average molecular weight is 425 g/mol. The van der Waals surface area contributed by atoms with Gasteiger partial charge in [-0.25, -0.2) is 4.98 Å². The lowest BCUT2D eigenvalue weighted by Gasteiger charge is -2.13. The second-order valence-corrected chi connectivity index (χ2v) is 6.72. The number of rotatable bonds is 4. The van der Waals surface area contributed by atoms with Crippen molar-refractivity contribution in [1.82, 2.24) is 4.98 Å². The number of alkyl halides is 3. The Hall–Kier alpha value is -1.70. The highest BCUT2D eigenvalue weighted by Crippen LogP contribution is 2.33. The van der Waals surface area contributed by atoms with Crippen molar-refractivity contribution in [1.29, 1.82) is 0 Å². The summed E-state index contributed by atoms with van der Waals surface area (Å²) < 4.78 is 37.9. The summed E-state index contributed by atoms with van der Waals surface area (Å²) in [4.78, 5) is 9.04. The quantitative estimate of drug-likeness (QED) is 0.688. The lowest BCUT2D eigenvalue weighted by atomic mass is 10.0. The van der Waals surface area contributed by atoms with Gasteiger partial charge >= 0.3 is 6.18 Å². The second-order valence-electron chi connectivity index (χ2n) is 5.50. The molecule has 2 heterocycles. The van der Waals surface area contributed by atoms with E-state index in [0.29, 0.717) is 27.7 Å². The molecule has 0 amide bonds. The minimum atomic E-state index is -4.50. The standard InChI is InChI=1S/C16H11Cl3F3N3O/c17-10-2-1-3-11(18)14(10)13-5-9(26-25-13)7-24-15-12(19)4-8(6-23-15)16(20,21)22/h1-4,6,9H,5,7H2,(H,23,24)/t9-/m0/s1. The van der Waals surface area contributed by atoms with Crippen molar-refractivity contribution in [2.45, 2.75) is 18.7 Å². The van der Waals surface area contributed by atoms with Crippen LogP contribution in [0.4, 0.5) is 19.0 Å². The SMILES string of the molecule is FC(F)(F)c1cnc(NC[C@@H]2CC(c3c(Cl)cccc3Cl)=NO2)c(Cl)c1. The molecule has 0 unspecified atom stereocenters. The molecule has 0 spiro atoms. The van der Waals surface area contributed by atoms with Crippen molar-refractivity contribution in [2.24, 2.45) is 5.16 Å². The van der Waals surface area contributed by atoms with E-state index in [4.69, 9.17) is 39.6 Å². The van der Waals surface area contributed by atoms with Crippen LogP contribution in [0.5, 0.6) is 0 Å². The molecule has 1 aliphatic heterocycles. The van der Waals surface area contributed by atoms with Crippen LogP contribution in [0.3, 0.4) is 0 Å². The van der Waals surface area contributed by atoms with Crippen molar-refractivity contribution < 1.29 is 18.0 Å². The van der Waals surface area contributed by atoms with Gasteiger partial charge in [0.05, 0.1) is 32.9 Å². The first-order valence-corrected chi connectivity index (χ1v) is 8.53. The van der Waals surface area contributed by atoms with Crippen LogP contribution in [0.2, 0.25) is 15.1 Å². The lowest BCUT2D eigenvalue weighted by molar-refractivity contribution is -0.137. The van der Waals surface area contributed by atoms with E-state index in [9.17, 15) is 13.2 Å². The van der Waals surface area contributed by atoms with E-state index >= 15 is 0 Å². The Morgan fingerprint density at radius 3 is 2.46 bits per heavy atom. The molecule has 0 saturated heterocycles. The number of pyridine rings is 1. The van der Waals surface area contributed by atoms with E-state index in [-0.39, 0.29) is 23.5 Å². The van der Waals surface area contributed by atoms with Gasteiger partial charge in [-0.05, 0) is 18.2 Å². The van der Waals surface area contributed by atoms with Crippen molar-refractivity contribution in [3.8, 4) is 0 Å².